The number of aliphatic hydroxyl groups is 1. The molecule has 1 aliphatic rings. The number of rotatable bonds is 2. The van der Waals surface area contributed by atoms with Gasteiger partial charge in [-0.05, 0) is 43.8 Å². The number of hydrogen-bond donors (Lipinski definition) is 1. The van der Waals surface area contributed by atoms with Gasteiger partial charge in [-0.25, -0.2) is 0 Å². The summed E-state index contributed by atoms with van der Waals surface area (Å²) in [6, 6.07) is 8.43. The summed E-state index contributed by atoms with van der Waals surface area (Å²) in [5, 5.41) is 9.17. The van der Waals surface area contributed by atoms with Gasteiger partial charge in [-0.1, -0.05) is 39.0 Å². The van der Waals surface area contributed by atoms with Crippen LogP contribution in [0.1, 0.15) is 46.1 Å². The van der Waals surface area contributed by atoms with E-state index in [1.165, 1.54) is 5.71 Å². The molecule has 0 aliphatic carbocycles. The molecule has 130 valence electrons. The number of nitrogens with zero attached hydrogens (tertiary/aromatic N) is 2. The first-order chi connectivity index (χ1) is 10.1. The summed E-state index contributed by atoms with van der Waals surface area (Å²) < 4.78 is 0. The van der Waals surface area contributed by atoms with E-state index in [4.69, 9.17) is 4.99 Å². The molecule has 1 unspecified atom stereocenters. The maximum Gasteiger partial charge on any atom is 0.0827 e. The Hall–Kier alpha value is -0.0905. The van der Waals surface area contributed by atoms with Crippen molar-refractivity contribution in [2.24, 2.45) is 4.99 Å². The van der Waals surface area contributed by atoms with Crippen LogP contribution in [0.5, 0.6) is 0 Å². The predicted molar refractivity (Wildman–Crippen MR) is 91.9 cm³/mol. The van der Waals surface area contributed by atoms with E-state index < -0.39 is 0 Å². The minimum Gasteiger partial charge on any atom is -0.515 e. The number of piperidine rings is 1. The van der Waals surface area contributed by atoms with Gasteiger partial charge >= 0.3 is 0 Å². The number of aliphatic imine (C=N–C) groups is 1. The molecule has 1 aromatic carbocycles. The molecule has 1 aliphatic heterocycles. The van der Waals surface area contributed by atoms with Crippen LogP contribution in [0.3, 0.4) is 0 Å². The Balaban J connectivity index is 0.00000141. The molecule has 1 heterocycles. The van der Waals surface area contributed by atoms with Crippen molar-refractivity contribution in [2.75, 3.05) is 7.05 Å². The van der Waals surface area contributed by atoms with Crippen LogP contribution in [-0.4, -0.2) is 28.8 Å². The standard InChI is InChI=1S/C16H21N2O.C2H6.Yb/c1-12(11-19)15-6-4-5-7-16(15)17-14-8-9-18(3)13(2)10-14;1-2;/h4-7,9,11,13,19H,8,10H2,1-3H3;1-2H3;/q-1;;. The van der Waals surface area contributed by atoms with Gasteiger partial charge in [0.2, 0.25) is 0 Å². The maximum atomic E-state index is 9.17. The third kappa shape index (κ3) is 6.19. The smallest absolute Gasteiger partial charge is 0.0827 e. The molecule has 1 aromatic rings. The molecule has 1 atom stereocenters. The van der Waals surface area contributed by atoms with Gasteiger partial charge < -0.3 is 10.0 Å². The zero-order valence-corrected chi connectivity index (χ0v) is 15.8. The third-order valence-electron chi connectivity index (χ3n) is 3.64. The van der Waals surface area contributed by atoms with E-state index in [0.717, 1.165) is 35.9 Å². The molecule has 1 N–H and O–H groups in total. The molecule has 22 heavy (non-hydrogen) atoms. The number of aliphatic hydroxyl groups excluding tert-OH is 1. The van der Waals surface area contributed by atoms with Crippen molar-refractivity contribution < 1.29 is 52.0 Å². The topological polar surface area (TPSA) is 35.8 Å². The summed E-state index contributed by atoms with van der Waals surface area (Å²) in [5.74, 6) is 0. The Morgan fingerprint density at radius 2 is 2.00 bits per heavy atom. The average molecular weight is 460 g/mol. The molecular formula is C18H27N2OYb-. The van der Waals surface area contributed by atoms with Gasteiger partial charge in [0.1, 0.15) is 0 Å². The van der Waals surface area contributed by atoms with E-state index in [0.29, 0.717) is 6.04 Å². The maximum absolute atomic E-state index is 9.17. The van der Waals surface area contributed by atoms with Crippen molar-refractivity contribution in [3.63, 3.8) is 0 Å². The number of likely N-dealkylation sites (tertiary alicyclic amines) is 1. The Bertz CT molecular complexity index is 512. The third-order valence-corrected chi connectivity index (χ3v) is 3.64. The van der Waals surface area contributed by atoms with E-state index in [1.54, 1.807) is 0 Å². The summed E-state index contributed by atoms with van der Waals surface area (Å²) in [4.78, 5) is 7.02. The van der Waals surface area contributed by atoms with Gasteiger partial charge in [-0.15, -0.1) is 6.42 Å². The van der Waals surface area contributed by atoms with Gasteiger partial charge in [-0.2, -0.15) is 0 Å². The van der Waals surface area contributed by atoms with Gasteiger partial charge in [0, 0.05) is 52.5 Å². The molecule has 0 aromatic heterocycles. The normalized spacial score (nSPS) is 20.9. The van der Waals surface area contributed by atoms with E-state index in [1.807, 2.05) is 45.0 Å². The molecule has 0 spiro atoms. The summed E-state index contributed by atoms with van der Waals surface area (Å²) in [6.45, 7) is 10.3. The average Bonchev–Trinajstić information content (AvgIpc) is 2.53. The second-order valence-electron chi connectivity index (χ2n) is 5.11. The molecular weight excluding hydrogens is 433 g/mol. The molecule has 4 heteroatoms. The first-order valence-corrected chi connectivity index (χ1v) is 7.64. The van der Waals surface area contributed by atoms with E-state index >= 15 is 0 Å². The van der Waals surface area contributed by atoms with Gasteiger partial charge in [0.05, 0.1) is 11.9 Å². The largest absolute Gasteiger partial charge is 0.515 e. The minimum absolute atomic E-state index is 0. The minimum atomic E-state index is 0. The zero-order valence-electron chi connectivity index (χ0n) is 14.1. The zero-order chi connectivity index (χ0) is 15.8. The molecule has 2 rings (SSSR count). The molecule has 0 radical (unpaired) electrons. The number of benzene rings is 1. The fourth-order valence-electron chi connectivity index (χ4n) is 2.23. The van der Waals surface area contributed by atoms with Crippen LogP contribution in [0.25, 0.3) is 5.57 Å². The van der Waals surface area contributed by atoms with Crippen LogP contribution in [0, 0.1) is 53.5 Å². The first-order valence-electron chi connectivity index (χ1n) is 7.64. The van der Waals surface area contributed by atoms with E-state index in [-0.39, 0.29) is 46.9 Å². The van der Waals surface area contributed by atoms with Crippen molar-refractivity contribution in [3.8, 4) is 0 Å². The van der Waals surface area contributed by atoms with Gasteiger partial charge in [0.15, 0.2) is 0 Å². The quantitative estimate of drug-likeness (QED) is 0.499. The molecule has 1 saturated heterocycles. The Morgan fingerprint density at radius 1 is 1.36 bits per heavy atom. The fourth-order valence-corrected chi connectivity index (χ4v) is 2.23. The summed E-state index contributed by atoms with van der Waals surface area (Å²) >= 11 is 0. The Morgan fingerprint density at radius 3 is 2.59 bits per heavy atom. The van der Waals surface area contributed by atoms with Crippen molar-refractivity contribution >= 4 is 17.0 Å². The van der Waals surface area contributed by atoms with Crippen LogP contribution in [0.4, 0.5) is 5.69 Å². The van der Waals surface area contributed by atoms with Crippen LogP contribution in [0.15, 0.2) is 35.5 Å². The van der Waals surface area contributed by atoms with E-state index in [2.05, 4.69) is 25.4 Å². The summed E-state index contributed by atoms with van der Waals surface area (Å²) in [7, 11) is 2.11. The van der Waals surface area contributed by atoms with Crippen molar-refractivity contribution in [3.05, 3.63) is 42.6 Å². The second kappa shape index (κ2) is 11.4. The van der Waals surface area contributed by atoms with Gasteiger partial charge in [-0.3, -0.25) is 11.5 Å². The Labute approximate surface area is 173 Å². The van der Waals surface area contributed by atoms with E-state index in [9.17, 15) is 5.11 Å². The van der Waals surface area contributed by atoms with Gasteiger partial charge in [0.25, 0.3) is 0 Å². The number of hydrogen-bond acceptors (Lipinski definition) is 3. The first kappa shape index (κ1) is 21.9. The monoisotopic (exact) mass is 461 g/mol. The SMILES string of the molecule is CC.CC(=CO)c1ccccc1N=C1C[CH-]N(C)C(C)C1.[Yb]. The number of para-hydroxylation sites is 1. The predicted octanol–water partition coefficient (Wildman–Crippen LogP) is 4.98. The summed E-state index contributed by atoms with van der Waals surface area (Å²) in [6.07, 6.45) is 3.03. The Kier molecular flexibility index (Phi) is 11.4. The summed E-state index contributed by atoms with van der Waals surface area (Å²) in [5.41, 5.74) is 3.96. The molecule has 0 amide bonds. The van der Waals surface area contributed by atoms with Crippen LogP contribution in [-0.2, 0) is 0 Å². The number of allylic oxidation sites excluding steroid dienone is 1. The molecule has 0 saturated carbocycles. The molecule has 1 fully saturated rings. The van der Waals surface area contributed by atoms with Crippen molar-refractivity contribution in [1.82, 2.24) is 4.90 Å². The van der Waals surface area contributed by atoms with Crippen LogP contribution < -0.4 is 0 Å². The fraction of sp³-hybridized carbons (Fsp3) is 0.444. The van der Waals surface area contributed by atoms with Crippen LogP contribution in [0.2, 0.25) is 0 Å². The molecule has 3 nitrogen and oxygen atoms in total. The van der Waals surface area contributed by atoms with Crippen molar-refractivity contribution in [1.29, 1.82) is 0 Å². The van der Waals surface area contributed by atoms with Crippen LogP contribution >= 0.6 is 0 Å². The molecule has 0 bridgehead atoms. The second-order valence-corrected chi connectivity index (χ2v) is 5.11. The van der Waals surface area contributed by atoms with Crippen molar-refractivity contribution in [2.45, 2.75) is 46.6 Å².